The quantitative estimate of drug-likeness (QED) is 0.292. The van der Waals surface area contributed by atoms with Gasteiger partial charge in [0.1, 0.15) is 5.15 Å². The summed E-state index contributed by atoms with van der Waals surface area (Å²) in [6, 6.07) is 15.7. The van der Waals surface area contributed by atoms with Crippen LogP contribution in [0, 0.1) is 11.3 Å². The number of hydrogen-bond acceptors (Lipinski definition) is 4. The molecule has 1 aliphatic heterocycles. The molecule has 3 heterocycles. The van der Waals surface area contributed by atoms with Crippen LogP contribution in [0.2, 0.25) is 5.15 Å². The van der Waals surface area contributed by atoms with E-state index in [1.54, 1.807) is 24.3 Å². The van der Waals surface area contributed by atoms with Crippen LogP contribution in [-0.2, 0) is 25.7 Å². The van der Waals surface area contributed by atoms with Crippen molar-refractivity contribution in [3.05, 3.63) is 106 Å². The van der Waals surface area contributed by atoms with Crippen LogP contribution in [0.5, 0.6) is 0 Å². The van der Waals surface area contributed by atoms with E-state index in [2.05, 4.69) is 21.3 Å². The molecule has 0 fully saturated rings. The van der Waals surface area contributed by atoms with Gasteiger partial charge in [0.15, 0.2) is 0 Å². The molecule has 0 saturated heterocycles. The van der Waals surface area contributed by atoms with Crippen LogP contribution < -0.4 is 5.32 Å². The Kier molecular flexibility index (Phi) is 7.42. The molecule has 6 nitrogen and oxygen atoms in total. The lowest BCUT2D eigenvalue weighted by atomic mass is 10.0. The highest BCUT2D eigenvalue weighted by Gasteiger charge is 2.33. The fourth-order valence-electron chi connectivity index (χ4n) is 4.79. The molecule has 1 N–H and O–H groups in total. The Morgan fingerprint density at radius 2 is 1.95 bits per heavy atom. The fourth-order valence-corrected chi connectivity index (χ4v) is 4.99. The average Bonchev–Trinajstić information content (AvgIpc) is 3.25. The molecule has 39 heavy (non-hydrogen) atoms. The molecule has 4 aromatic rings. The van der Waals surface area contributed by atoms with Crippen LogP contribution >= 0.6 is 11.6 Å². The number of fused-ring (bicyclic) bond motifs is 3. The first-order valence-corrected chi connectivity index (χ1v) is 12.6. The van der Waals surface area contributed by atoms with Crippen molar-refractivity contribution in [2.24, 2.45) is 0 Å². The van der Waals surface area contributed by atoms with Crippen LogP contribution in [0.15, 0.2) is 66.9 Å². The number of nitrogens with zero attached hydrogens (tertiary/aromatic N) is 4. The van der Waals surface area contributed by atoms with E-state index < -0.39 is 17.8 Å². The number of amides is 1. The van der Waals surface area contributed by atoms with Crippen LogP contribution in [0.4, 0.5) is 18.0 Å². The molecule has 0 atom stereocenters. The Labute approximate surface area is 227 Å². The maximum Gasteiger partial charge on any atom is 0.416 e. The minimum absolute atomic E-state index is 0.154. The number of carbonyl (C=O) groups excluding carboxylic acids is 1. The van der Waals surface area contributed by atoms with Crippen LogP contribution in [0.25, 0.3) is 17.0 Å². The summed E-state index contributed by atoms with van der Waals surface area (Å²) in [6.45, 7) is 1.91. The standard InChI is InChI=1S/C29H23ClF3N5O/c30-27-14-21(9-11-35-27)17-36-28(39)38-25-10-13-37(12-1-2-19-3-5-20(16-34)6-4-19)18-24(25)23-8-7-22(15-26(23)38)29(31,32)33/h1-9,11,14-15H,10,12-13,17-18H2,(H,36,39)/b2-1+. The Bertz CT molecular complexity index is 1600. The number of pyridine rings is 1. The topological polar surface area (TPSA) is 74.0 Å². The zero-order valence-corrected chi connectivity index (χ0v) is 21.4. The summed E-state index contributed by atoms with van der Waals surface area (Å²) in [5, 5.41) is 12.7. The van der Waals surface area contributed by atoms with Crippen molar-refractivity contribution in [2.45, 2.75) is 25.7 Å². The molecule has 198 valence electrons. The molecule has 2 aromatic carbocycles. The van der Waals surface area contributed by atoms with Gasteiger partial charge in [0.05, 0.1) is 22.7 Å². The van der Waals surface area contributed by atoms with E-state index in [-0.39, 0.29) is 17.2 Å². The Hall–Kier alpha value is -4.13. The molecule has 10 heteroatoms. The van der Waals surface area contributed by atoms with Gasteiger partial charge in [0, 0.05) is 49.9 Å². The number of alkyl halides is 3. The molecule has 1 amide bonds. The third-order valence-electron chi connectivity index (χ3n) is 6.71. The van der Waals surface area contributed by atoms with Gasteiger partial charge < -0.3 is 5.32 Å². The van der Waals surface area contributed by atoms with Gasteiger partial charge in [-0.05, 0) is 53.1 Å². The number of hydrogen-bond donors (Lipinski definition) is 1. The number of aromatic nitrogens is 2. The lowest BCUT2D eigenvalue weighted by molar-refractivity contribution is -0.137. The van der Waals surface area contributed by atoms with Crippen molar-refractivity contribution in [1.29, 1.82) is 5.26 Å². The summed E-state index contributed by atoms with van der Waals surface area (Å²) >= 11 is 5.93. The van der Waals surface area contributed by atoms with Crippen LogP contribution in [-0.4, -0.2) is 33.6 Å². The minimum atomic E-state index is -4.53. The van der Waals surface area contributed by atoms with Crippen molar-refractivity contribution in [1.82, 2.24) is 19.8 Å². The molecule has 0 bridgehead atoms. The smallest absolute Gasteiger partial charge is 0.333 e. The second-order valence-corrected chi connectivity index (χ2v) is 9.64. The summed E-state index contributed by atoms with van der Waals surface area (Å²) in [4.78, 5) is 19.4. The predicted molar refractivity (Wildman–Crippen MR) is 143 cm³/mol. The average molecular weight is 550 g/mol. The molecule has 0 aliphatic carbocycles. The van der Waals surface area contributed by atoms with Crippen LogP contribution in [0.1, 0.15) is 33.5 Å². The number of nitrogens with one attached hydrogen (secondary N) is 1. The summed E-state index contributed by atoms with van der Waals surface area (Å²) in [5.41, 5.74) is 3.27. The van der Waals surface area contributed by atoms with Gasteiger partial charge >= 0.3 is 12.2 Å². The minimum Gasteiger partial charge on any atom is -0.333 e. The monoisotopic (exact) mass is 549 g/mol. The van der Waals surface area contributed by atoms with E-state index in [9.17, 15) is 18.0 Å². The van der Waals surface area contributed by atoms with Crippen molar-refractivity contribution in [2.75, 3.05) is 13.1 Å². The molecule has 0 saturated carbocycles. The Morgan fingerprint density at radius 1 is 1.15 bits per heavy atom. The Morgan fingerprint density at radius 3 is 2.67 bits per heavy atom. The molecule has 1 aliphatic rings. The largest absolute Gasteiger partial charge is 0.416 e. The maximum atomic E-state index is 13.6. The predicted octanol–water partition coefficient (Wildman–Crippen LogP) is 6.41. The van der Waals surface area contributed by atoms with Gasteiger partial charge in [0.25, 0.3) is 0 Å². The summed E-state index contributed by atoms with van der Waals surface area (Å²) < 4.78 is 42.1. The summed E-state index contributed by atoms with van der Waals surface area (Å²) in [6.07, 6.45) is 1.48. The number of halogens is 4. The maximum absolute atomic E-state index is 13.6. The number of rotatable bonds is 5. The lowest BCUT2D eigenvalue weighted by Crippen LogP contribution is -2.34. The first-order chi connectivity index (χ1) is 18.7. The normalized spacial score (nSPS) is 13.9. The van der Waals surface area contributed by atoms with E-state index in [1.807, 2.05) is 24.3 Å². The Balaban J connectivity index is 1.41. The van der Waals surface area contributed by atoms with Crippen LogP contribution in [0.3, 0.4) is 0 Å². The first-order valence-electron chi connectivity index (χ1n) is 12.2. The van der Waals surface area contributed by atoms with Gasteiger partial charge in [-0.1, -0.05) is 42.0 Å². The molecular weight excluding hydrogens is 527 g/mol. The highest BCUT2D eigenvalue weighted by atomic mass is 35.5. The molecule has 0 spiro atoms. The van der Waals surface area contributed by atoms with E-state index in [0.717, 1.165) is 28.8 Å². The zero-order chi connectivity index (χ0) is 27.6. The lowest BCUT2D eigenvalue weighted by Gasteiger charge is -2.27. The highest BCUT2D eigenvalue weighted by molar-refractivity contribution is 6.29. The van der Waals surface area contributed by atoms with E-state index in [0.29, 0.717) is 42.7 Å². The number of nitriles is 1. The van der Waals surface area contributed by atoms with Crippen molar-refractivity contribution >= 4 is 34.6 Å². The van der Waals surface area contributed by atoms with E-state index >= 15 is 0 Å². The fraction of sp³-hybridized carbons (Fsp3) is 0.207. The second kappa shape index (κ2) is 10.9. The van der Waals surface area contributed by atoms with Crippen molar-refractivity contribution < 1.29 is 18.0 Å². The van der Waals surface area contributed by atoms with Gasteiger partial charge in [0.2, 0.25) is 0 Å². The van der Waals surface area contributed by atoms with Gasteiger partial charge in [-0.15, -0.1) is 0 Å². The molecule has 5 rings (SSSR count). The van der Waals surface area contributed by atoms with Crippen molar-refractivity contribution in [3.63, 3.8) is 0 Å². The molecule has 2 aromatic heterocycles. The zero-order valence-electron chi connectivity index (χ0n) is 20.7. The number of carbonyl (C=O) groups is 1. The van der Waals surface area contributed by atoms with Gasteiger partial charge in [-0.2, -0.15) is 18.4 Å². The van der Waals surface area contributed by atoms with Gasteiger partial charge in [-0.3, -0.25) is 9.47 Å². The van der Waals surface area contributed by atoms with E-state index in [4.69, 9.17) is 16.9 Å². The van der Waals surface area contributed by atoms with Gasteiger partial charge in [-0.25, -0.2) is 9.78 Å². The molecule has 0 unspecified atom stereocenters. The highest BCUT2D eigenvalue weighted by Crippen LogP contribution is 2.36. The van der Waals surface area contributed by atoms with E-state index in [1.165, 1.54) is 16.8 Å². The third-order valence-corrected chi connectivity index (χ3v) is 6.91. The third kappa shape index (κ3) is 5.82. The summed E-state index contributed by atoms with van der Waals surface area (Å²) in [5.74, 6) is 0. The van der Waals surface area contributed by atoms with Crippen molar-refractivity contribution in [3.8, 4) is 6.07 Å². The molecule has 0 radical (unpaired) electrons. The SMILES string of the molecule is N#Cc1ccc(/C=C/CN2CCc3c(c4ccc(C(F)(F)F)cc4n3C(=O)NCc3ccnc(Cl)c3)C2)cc1. The first kappa shape index (κ1) is 26.5. The second-order valence-electron chi connectivity index (χ2n) is 9.26. The summed E-state index contributed by atoms with van der Waals surface area (Å²) in [7, 11) is 0. The number of benzene rings is 2. The molecular formula is C29H23ClF3N5O.